The Kier molecular flexibility index (Phi) is 3.99. The quantitative estimate of drug-likeness (QED) is 0.656. The Balaban J connectivity index is 1.54. The number of nitrogens with one attached hydrogen (secondary N) is 1. The molecule has 2 aromatic carbocycles. The maximum absolute atomic E-state index is 12.4. The van der Waals surface area contributed by atoms with Gasteiger partial charge in [-0.15, -0.1) is 0 Å². The minimum atomic E-state index is -0.582. The van der Waals surface area contributed by atoms with Gasteiger partial charge in [-0.3, -0.25) is 14.9 Å². The molecule has 1 heterocycles. The molecule has 2 aliphatic rings. The molecule has 0 radical (unpaired) electrons. The lowest BCUT2D eigenvalue weighted by atomic mass is 9.94. The summed E-state index contributed by atoms with van der Waals surface area (Å²) in [5, 5.41) is 13.8. The molecule has 0 aromatic heterocycles. The van der Waals surface area contributed by atoms with Gasteiger partial charge in [0.25, 0.3) is 17.4 Å². The Morgan fingerprint density at radius 2 is 1.77 bits per heavy atom. The van der Waals surface area contributed by atoms with Gasteiger partial charge in [0, 0.05) is 30.7 Å². The van der Waals surface area contributed by atoms with Crippen LogP contribution in [0.4, 0.5) is 11.4 Å². The highest BCUT2D eigenvalue weighted by atomic mass is 16.7. The second-order valence-electron chi connectivity index (χ2n) is 6.57. The number of benzene rings is 2. The lowest BCUT2D eigenvalue weighted by Gasteiger charge is -2.31. The Bertz CT molecular complexity index is 874. The lowest BCUT2D eigenvalue weighted by molar-refractivity contribution is -0.385. The molecule has 1 aliphatic heterocycles. The van der Waals surface area contributed by atoms with Crippen molar-refractivity contribution in [1.82, 2.24) is 0 Å². The molecule has 0 bridgehead atoms. The van der Waals surface area contributed by atoms with Gasteiger partial charge in [-0.05, 0) is 31.0 Å². The van der Waals surface area contributed by atoms with E-state index in [4.69, 9.17) is 9.47 Å². The van der Waals surface area contributed by atoms with E-state index in [0.717, 1.165) is 25.7 Å². The van der Waals surface area contributed by atoms with Crippen molar-refractivity contribution >= 4 is 17.3 Å². The van der Waals surface area contributed by atoms with E-state index >= 15 is 0 Å². The molecule has 1 fully saturated rings. The highest BCUT2D eigenvalue weighted by molar-refractivity contribution is 6.07. The van der Waals surface area contributed by atoms with Gasteiger partial charge >= 0.3 is 0 Å². The third-order valence-electron chi connectivity index (χ3n) is 4.75. The molecule has 0 atom stereocenters. The van der Waals surface area contributed by atoms with Crippen LogP contribution in [0.1, 0.15) is 42.5 Å². The summed E-state index contributed by atoms with van der Waals surface area (Å²) < 4.78 is 12.0. The number of nitro groups is 1. The molecular weight excluding hydrogens is 336 g/mol. The van der Waals surface area contributed by atoms with E-state index < -0.39 is 16.6 Å². The van der Waals surface area contributed by atoms with E-state index in [1.165, 1.54) is 24.6 Å². The van der Waals surface area contributed by atoms with Gasteiger partial charge < -0.3 is 14.8 Å². The maximum Gasteiger partial charge on any atom is 0.282 e. The zero-order valence-corrected chi connectivity index (χ0v) is 14.1. The Morgan fingerprint density at radius 1 is 1.04 bits per heavy atom. The Morgan fingerprint density at radius 3 is 2.54 bits per heavy atom. The largest absolute Gasteiger partial charge is 0.448 e. The standard InChI is InChI=1S/C19H18N2O5/c22-18(14-6-2-3-7-15(14)21(23)24)20-13-8-9-16-17(12-13)26-19(25-16)10-4-1-5-11-19/h2-3,6-9,12H,1,4-5,10-11H2,(H,20,22). The molecule has 0 saturated heterocycles. The predicted octanol–water partition coefficient (Wildman–Crippen LogP) is 4.28. The summed E-state index contributed by atoms with van der Waals surface area (Å²) in [5.74, 6) is 0.132. The first-order valence-corrected chi connectivity index (χ1v) is 8.63. The van der Waals surface area contributed by atoms with Crippen molar-refractivity contribution < 1.29 is 19.2 Å². The van der Waals surface area contributed by atoms with E-state index in [9.17, 15) is 14.9 Å². The van der Waals surface area contributed by atoms with Gasteiger partial charge in [-0.1, -0.05) is 18.6 Å². The molecule has 1 saturated carbocycles. The summed E-state index contributed by atoms with van der Waals surface area (Å²) in [7, 11) is 0. The molecule has 7 nitrogen and oxygen atoms in total. The molecule has 1 spiro atoms. The number of nitrogens with zero attached hydrogens (tertiary/aromatic N) is 1. The van der Waals surface area contributed by atoms with Gasteiger partial charge in [0.15, 0.2) is 11.5 Å². The molecule has 1 amide bonds. The molecule has 2 aromatic rings. The van der Waals surface area contributed by atoms with Crippen LogP contribution in [0.3, 0.4) is 0 Å². The normalized spacial score (nSPS) is 17.1. The summed E-state index contributed by atoms with van der Waals surface area (Å²) in [6, 6.07) is 11.0. The minimum Gasteiger partial charge on any atom is -0.448 e. The fourth-order valence-electron chi connectivity index (χ4n) is 3.49. The predicted molar refractivity (Wildman–Crippen MR) is 94.6 cm³/mol. The fraction of sp³-hybridized carbons (Fsp3) is 0.316. The number of anilines is 1. The van der Waals surface area contributed by atoms with E-state index in [2.05, 4.69) is 5.32 Å². The first-order valence-electron chi connectivity index (χ1n) is 8.63. The molecule has 1 aliphatic carbocycles. The molecule has 4 rings (SSSR count). The molecule has 134 valence electrons. The van der Waals surface area contributed by atoms with Crippen LogP contribution in [0.15, 0.2) is 42.5 Å². The van der Waals surface area contributed by atoms with Crippen LogP contribution in [-0.2, 0) is 0 Å². The fourth-order valence-corrected chi connectivity index (χ4v) is 3.49. The highest BCUT2D eigenvalue weighted by Crippen LogP contribution is 2.46. The van der Waals surface area contributed by atoms with Crippen molar-refractivity contribution in [3.63, 3.8) is 0 Å². The van der Waals surface area contributed by atoms with Crippen molar-refractivity contribution in [3.05, 3.63) is 58.1 Å². The van der Waals surface area contributed by atoms with Crippen molar-refractivity contribution in [3.8, 4) is 11.5 Å². The van der Waals surface area contributed by atoms with E-state index in [1.807, 2.05) is 0 Å². The first kappa shape index (κ1) is 16.4. The zero-order valence-electron chi connectivity index (χ0n) is 14.1. The van der Waals surface area contributed by atoms with E-state index in [1.54, 1.807) is 24.3 Å². The number of para-hydroxylation sites is 1. The van der Waals surface area contributed by atoms with Crippen LogP contribution < -0.4 is 14.8 Å². The molecule has 1 N–H and O–H groups in total. The van der Waals surface area contributed by atoms with Crippen molar-refractivity contribution in [2.24, 2.45) is 0 Å². The summed E-state index contributed by atoms with van der Waals surface area (Å²) >= 11 is 0. The van der Waals surface area contributed by atoms with Crippen LogP contribution >= 0.6 is 0 Å². The second kappa shape index (κ2) is 6.33. The first-order chi connectivity index (χ1) is 12.6. The summed E-state index contributed by atoms with van der Waals surface area (Å²) in [4.78, 5) is 23.0. The second-order valence-corrected chi connectivity index (χ2v) is 6.57. The number of carbonyl (C=O) groups excluding carboxylic acids is 1. The highest BCUT2D eigenvalue weighted by Gasteiger charge is 2.42. The van der Waals surface area contributed by atoms with Gasteiger partial charge in [-0.2, -0.15) is 0 Å². The number of hydrogen-bond donors (Lipinski definition) is 1. The summed E-state index contributed by atoms with van der Waals surface area (Å²) in [5.41, 5.74) is 0.286. The lowest BCUT2D eigenvalue weighted by Crippen LogP contribution is -2.40. The van der Waals surface area contributed by atoms with Crippen molar-refractivity contribution in [2.75, 3.05) is 5.32 Å². The van der Waals surface area contributed by atoms with Gasteiger partial charge in [0.1, 0.15) is 5.56 Å². The molecular formula is C19H18N2O5. The molecule has 26 heavy (non-hydrogen) atoms. The number of ether oxygens (including phenoxy) is 2. The van der Waals surface area contributed by atoms with Crippen LogP contribution in [-0.4, -0.2) is 16.6 Å². The minimum absolute atomic E-state index is 0.0129. The summed E-state index contributed by atoms with van der Waals surface area (Å²) in [6.45, 7) is 0. The monoisotopic (exact) mass is 354 g/mol. The van der Waals surface area contributed by atoms with Crippen LogP contribution in [0.25, 0.3) is 0 Å². The third kappa shape index (κ3) is 2.96. The SMILES string of the molecule is O=C(Nc1ccc2c(c1)OC1(CCCCC1)O2)c1ccccc1[N+](=O)[O-]. The number of rotatable bonds is 3. The van der Waals surface area contributed by atoms with E-state index in [-0.39, 0.29) is 11.3 Å². The number of carbonyl (C=O) groups is 1. The maximum atomic E-state index is 12.4. The van der Waals surface area contributed by atoms with Crippen LogP contribution in [0, 0.1) is 10.1 Å². The Hall–Kier alpha value is -3.09. The average Bonchev–Trinajstić information content (AvgIpc) is 2.98. The molecule has 0 unspecified atom stereocenters. The molecule has 7 heteroatoms. The number of hydrogen-bond acceptors (Lipinski definition) is 5. The average molecular weight is 354 g/mol. The van der Waals surface area contributed by atoms with Gasteiger partial charge in [0.05, 0.1) is 4.92 Å². The van der Waals surface area contributed by atoms with Crippen LogP contribution in [0.2, 0.25) is 0 Å². The topological polar surface area (TPSA) is 90.7 Å². The Labute approximate surface area is 150 Å². The third-order valence-corrected chi connectivity index (χ3v) is 4.75. The smallest absolute Gasteiger partial charge is 0.282 e. The van der Waals surface area contributed by atoms with E-state index in [0.29, 0.717) is 17.2 Å². The van der Waals surface area contributed by atoms with Crippen molar-refractivity contribution in [1.29, 1.82) is 0 Å². The number of amides is 1. The van der Waals surface area contributed by atoms with Crippen LogP contribution in [0.5, 0.6) is 11.5 Å². The van der Waals surface area contributed by atoms with Crippen molar-refractivity contribution in [2.45, 2.75) is 37.9 Å². The number of fused-ring (bicyclic) bond motifs is 1. The zero-order chi connectivity index (χ0) is 18.1. The van der Waals surface area contributed by atoms with Gasteiger partial charge in [-0.25, -0.2) is 0 Å². The summed E-state index contributed by atoms with van der Waals surface area (Å²) in [6.07, 6.45) is 5.01. The number of nitro benzene ring substituents is 1. The van der Waals surface area contributed by atoms with Gasteiger partial charge in [0.2, 0.25) is 0 Å².